The highest BCUT2D eigenvalue weighted by Crippen LogP contribution is 2.14. The van der Waals surface area contributed by atoms with Crippen molar-refractivity contribution in [3.63, 3.8) is 0 Å². The molecule has 0 aromatic carbocycles. The molecular formula is C18H36ClNO2. The summed E-state index contributed by atoms with van der Waals surface area (Å²) in [5.74, 6) is -0.170. The highest BCUT2D eigenvalue weighted by molar-refractivity contribution is 6.20. The van der Waals surface area contributed by atoms with Gasteiger partial charge in [-0.1, -0.05) is 71.1 Å². The SMILES string of the molecule is CCCCCCCCCCCCCC(=O)C(C)(O)NC(C)Cl. The Morgan fingerprint density at radius 3 is 1.82 bits per heavy atom. The quantitative estimate of drug-likeness (QED) is 0.189. The van der Waals surface area contributed by atoms with Gasteiger partial charge in [0.15, 0.2) is 11.5 Å². The van der Waals surface area contributed by atoms with E-state index in [9.17, 15) is 9.90 Å². The molecule has 0 heterocycles. The van der Waals surface area contributed by atoms with Gasteiger partial charge in [-0.05, 0) is 20.3 Å². The lowest BCUT2D eigenvalue weighted by Crippen LogP contribution is -2.51. The van der Waals surface area contributed by atoms with E-state index in [2.05, 4.69) is 12.2 Å². The number of nitrogens with one attached hydrogen (secondary N) is 1. The summed E-state index contributed by atoms with van der Waals surface area (Å²) < 4.78 is 0. The van der Waals surface area contributed by atoms with Crippen LogP contribution in [0.1, 0.15) is 97.8 Å². The maximum atomic E-state index is 11.9. The molecule has 4 heteroatoms. The third kappa shape index (κ3) is 12.4. The molecule has 2 N–H and O–H groups in total. The molecule has 22 heavy (non-hydrogen) atoms. The van der Waals surface area contributed by atoms with Crippen molar-refractivity contribution in [3.8, 4) is 0 Å². The predicted molar refractivity (Wildman–Crippen MR) is 95.2 cm³/mol. The highest BCUT2D eigenvalue weighted by Gasteiger charge is 2.29. The van der Waals surface area contributed by atoms with Crippen molar-refractivity contribution in [2.24, 2.45) is 0 Å². The molecule has 2 unspecified atom stereocenters. The van der Waals surface area contributed by atoms with Gasteiger partial charge in [-0.25, -0.2) is 0 Å². The van der Waals surface area contributed by atoms with Gasteiger partial charge < -0.3 is 5.11 Å². The summed E-state index contributed by atoms with van der Waals surface area (Å²) in [5.41, 5.74) is -1.92. The minimum atomic E-state index is -1.50. The first-order valence-electron chi connectivity index (χ1n) is 9.07. The Morgan fingerprint density at radius 1 is 1.00 bits per heavy atom. The largest absolute Gasteiger partial charge is 0.369 e. The number of carbonyl (C=O) groups is 1. The zero-order valence-corrected chi connectivity index (χ0v) is 15.6. The lowest BCUT2D eigenvalue weighted by atomic mass is 10.0. The van der Waals surface area contributed by atoms with Crippen LogP contribution in [-0.2, 0) is 4.79 Å². The summed E-state index contributed by atoms with van der Waals surface area (Å²) in [6, 6.07) is 0. The third-order valence-corrected chi connectivity index (χ3v) is 4.14. The Hall–Kier alpha value is -0.120. The van der Waals surface area contributed by atoms with Crippen molar-refractivity contribution in [1.29, 1.82) is 0 Å². The van der Waals surface area contributed by atoms with Gasteiger partial charge in [-0.3, -0.25) is 10.1 Å². The van der Waals surface area contributed by atoms with Crippen molar-refractivity contribution >= 4 is 17.4 Å². The second-order valence-corrected chi connectivity index (χ2v) is 7.20. The fourth-order valence-corrected chi connectivity index (χ4v) is 2.87. The lowest BCUT2D eigenvalue weighted by Gasteiger charge is -2.24. The topological polar surface area (TPSA) is 49.3 Å². The van der Waals surface area contributed by atoms with Crippen LogP contribution in [-0.4, -0.2) is 22.1 Å². The molecule has 0 saturated heterocycles. The van der Waals surface area contributed by atoms with Gasteiger partial charge >= 0.3 is 0 Å². The molecule has 0 aromatic rings. The second kappa shape index (κ2) is 13.3. The molecule has 0 bridgehead atoms. The van der Waals surface area contributed by atoms with Crippen LogP contribution in [0.25, 0.3) is 0 Å². The zero-order valence-electron chi connectivity index (χ0n) is 14.8. The average molecular weight is 334 g/mol. The van der Waals surface area contributed by atoms with Gasteiger partial charge in [0.1, 0.15) is 0 Å². The number of halogens is 1. The number of ketones is 1. The molecule has 0 spiro atoms. The number of rotatable bonds is 15. The minimum absolute atomic E-state index is 0.170. The summed E-state index contributed by atoms with van der Waals surface area (Å²) in [5, 5.41) is 12.6. The minimum Gasteiger partial charge on any atom is -0.369 e. The Morgan fingerprint density at radius 2 is 1.41 bits per heavy atom. The van der Waals surface area contributed by atoms with Gasteiger partial charge in [0.05, 0.1) is 5.50 Å². The van der Waals surface area contributed by atoms with Crippen LogP contribution in [0.15, 0.2) is 0 Å². The van der Waals surface area contributed by atoms with E-state index in [1.807, 2.05) is 0 Å². The number of alkyl halides is 1. The molecule has 0 radical (unpaired) electrons. The van der Waals surface area contributed by atoms with Gasteiger partial charge in [0.25, 0.3) is 0 Å². The van der Waals surface area contributed by atoms with Crippen molar-refractivity contribution in [1.82, 2.24) is 5.32 Å². The van der Waals surface area contributed by atoms with Gasteiger partial charge in [0.2, 0.25) is 0 Å². The second-order valence-electron chi connectivity index (χ2n) is 6.54. The van der Waals surface area contributed by atoms with Gasteiger partial charge in [-0.2, -0.15) is 0 Å². The van der Waals surface area contributed by atoms with E-state index in [0.29, 0.717) is 6.42 Å². The van der Waals surface area contributed by atoms with E-state index in [1.165, 1.54) is 64.7 Å². The number of hydrogen-bond acceptors (Lipinski definition) is 3. The zero-order chi connectivity index (χ0) is 16.8. The smallest absolute Gasteiger partial charge is 0.179 e. The van der Waals surface area contributed by atoms with Crippen molar-refractivity contribution in [2.75, 3.05) is 0 Å². The monoisotopic (exact) mass is 333 g/mol. The molecule has 0 saturated carbocycles. The maximum absolute atomic E-state index is 11.9. The van der Waals surface area contributed by atoms with E-state index < -0.39 is 11.2 Å². The number of hydrogen-bond donors (Lipinski definition) is 2. The Balaban J connectivity index is 3.44. The fourth-order valence-electron chi connectivity index (χ4n) is 2.66. The summed E-state index contributed by atoms with van der Waals surface area (Å²) in [7, 11) is 0. The van der Waals surface area contributed by atoms with E-state index in [4.69, 9.17) is 11.6 Å². The lowest BCUT2D eigenvalue weighted by molar-refractivity contribution is -0.139. The van der Waals surface area contributed by atoms with E-state index in [1.54, 1.807) is 6.92 Å². The maximum Gasteiger partial charge on any atom is 0.179 e. The highest BCUT2D eigenvalue weighted by atomic mass is 35.5. The molecule has 2 atom stereocenters. The fraction of sp³-hybridized carbons (Fsp3) is 0.944. The molecule has 0 aliphatic carbocycles. The molecule has 0 aliphatic heterocycles. The van der Waals surface area contributed by atoms with E-state index in [-0.39, 0.29) is 5.78 Å². The number of Topliss-reactive ketones (excluding diaryl/α,β-unsaturated/α-hetero) is 1. The van der Waals surface area contributed by atoms with Crippen LogP contribution in [0.4, 0.5) is 0 Å². The van der Waals surface area contributed by atoms with Crippen LogP contribution < -0.4 is 5.32 Å². The summed E-state index contributed by atoms with van der Waals surface area (Å²) >= 11 is 5.76. The van der Waals surface area contributed by atoms with Crippen LogP contribution in [0.3, 0.4) is 0 Å². The molecule has 0 amide bonds. The van der Waals surface area contributed by atoms with Crippen LogP contribution in [0.5, 0.6) is 0 Å². The van der Waals surface area contributed by atoms with Gasteiger partial charge in [-0.15, -0.1) is 11.6 Å². The predicted octanol–water partition coefficient (Wildman–Crippen LogP) is 5.14. The normalized spacial score (nSPS) is 15.5. The molecular weight excluding hydrogens is 298 g/mol. The van der Waals surface area contributed by atoms with Crippen LogP contribution in [0, 0.1) is 0 Å². The molecule has 132 valence electrons. The van der Waals surface area contributed by atoms with Crippen molar-refractivity contribution in [3.05, 3.63) is 0 Å². The molecule has 0 aromatic heterocycles. The van der Waals surface area contributed by atoms with E-state index >= 15 is 0 Å². The number of unbranched alkanes of at least 4 members (excludes halogenated alkanes) is 10. The van der Waals surface area contributed by atoms with Gasteiger partial charge in [0, 0.05) is 6.42 Å². The number of carbonyl (C=O) groups excluding carboxylic acids is 1. The van der Waals surface area contributed by atoms with Crippen molar-refractivity contribution in [2.45, 2.75) is 109 Å². The molecule has 0 rings (SSSR count). The average Bonchev–Trinajstić information content (AvgIpc) is 2.43. The first-order valence-corrected chi connectivity index (χ1v) is 9.51. The molecule has 3 nitrogen and oxygen atoms in total. The summed E-state index contributed by atoms with van der Waals surface area (Å²) in [6.45, 7) is 5.43. The van der Waals surface area contributed by atoms with Crippen molar-refractivity contribution < 1.29 is 9.90 Å². The van der Waals surface area contributed by atoms with Crippen LogP contribution >= 0.6 is 11.6 Å². The Bertz CT molecular complexity index is 280. The summed E-state index contributed by atoms with van der Waals surface area (Å²) in [6.07, 6.45) is 14.2. The molecule has 0 aliphatic rings. The third-order valence-electron chi connectivity index (χ3n) is 4.03. The Labute approximate surface area is 142 Å². The standard InChI is InChI=1S/C18H36ClNO2/c1-4-5-6-7-8-9-10-11-12-13-14-15-17(21)18(3,22)20-16(2)19/h16,20,22H,4-15H2,1-3H3. The summed E-state index contributed by atoms with van der Waals surface area (Å²) in [4.78, 5) is 11.9. The first kappa shape index (κ1) is 21.9. The Kier molecular flexibility index (Phi) is 13.3. The van der Waals surface area contributed by atoms with Crippen LogP contribution in [0.2, 0.25) is 0 Å². The first-order chi connectivity index (χ1) is 10.4. The van der Waals surface area contributed by atoms with E-state index in [0.717, 1.165) is 12.8 Å². The number of aliphatic hydroxyl groups is 1. The molecule has 0 fully saturated rings.